The van der Waals surface area contributed by atoms with Crippen molar-refractivity contribution in [1.82, 2.24) is 15.5 Å². The van der Waals surface area contributed by atoms with Crippen molar-refractivity contribution in [2.75, 3.05) is 40.4 Å². The number of hydrogen-bond donors (Lipinski definition) is 2. The number of amides is 1. The molecule has 8 heteroatoms. The highest BCUT2D eigenvalue weighted by Gasteiger charge is 2.21. The molecule has 0 fully saturated rings. The van der Waals surface area contributed by atoms with E-state index in [2.05, 4.69) is 26.6 Å². The Bertz CT molecular complexity index is 728. The molecule has 8 nitrogen and oxygen atoms in total. The van der Waals surface area contributed by atoms with Gasteiger partial charge in [-0.15, -0.1) is 0 Å². The van der Waals surface area contributed by atoms with Crippen molar-refractivity contribution < 1.29 is 19.0 Å². The lowest BCUT2D eigenvalue weighted by Crippen LogP contribution is -2.44. The number of rotatable bonds is 6. The quantitative estimate of drug-likeness (QED) is 0.429. The molecular weight excluding hydrogens is 372 g/mol. The van der Waals surface area contributed by atoms with Crippen LogP contribution in [0.25, 0.3) is 0 Å². The second-order valence-corrected chi connectivity index (χ2v) is 7.81. The second-order valence-electron chi connectivity index (χ2n) is 7.81. The van der Waals surface area contributed by atoms with Crippen molar-refractivity contribution in [2.24, 2.45) is 4.99 Å². The van der Waals surface area contributed by atoms with Gasteiger partial charge in [-0.3, -0.25) is 4.99 Å². The van der Waals surface area contributed by atoms with Crippen LogP contribution in [0.2, 0.25) is 0 Å². The topological polar surface area (TPSA) is 84.4 Å². The van der Waals surface area contributed by atoms with Gasteiger partial charge >= 0.3 is 6.09 Å². The molecule has 2 rings (SSSR count). The summed E-state index contributed by atoms with van der Waals surface area (Å²) in [7, 11) is 3.30. The lowest BCUT2D eigenvalue weighted by Gasteiger charge is -2.32. The average Bonchev–Trinajstić information content (AvgIpc) is 2.67. The number of methoxy groups -OCH3 is 2. The first-order valence-corrected chi connectivity index (χ1v) is 10.0. The van der Waals surface area contributed by atoms with Gasteiger partial charge in [0.2, 0.25) is 0 Å². The molecule has 0 unspecified atom stereocenters. The van der Waals surface area contributed by atoms with Crippen LogP contribution in [0.3, 0.4) is 0 Å². The van der Waals surface area contributed by atoms with Gasteiger partial charge in [0.05, 0.1) is 20.8 Å². The Balaban J connectivity index is 2.00. The van der Waals surface area contributed by atoms with Crippen LogP contribution in [0, 0.1) is 0 Å². The number of hydrogen-bond acceptors (Lipinski definition) is 5. The molecule has 0 saturated heterocycles. The van der Waals surface area contributed by atoms with Gasteiger partial charge in [-0.25, -0.2) is 4.79 Å². The number of guanidine groups is 1. The summed E-state index contributed by atoms with van der Waals surface area (Å²) in [5.74, 6) is 2.32. The predicted octanol–water partition coefficient (Wildman–Crippen LogP) is 2.55. The minimum atomic E-state index is -0.507. The number of alkyl carbamates (subject to hydrolysis) is 1. The lowest BCUT2D eigenvalue weighted by atomic mass is 9.99. The van der Waals surface area contributed by atoms with Crippen molar-refractivity contribution >= 4 is 12.1 Å². The van der Waals surface area contributed by atoms with Crippen LogP contribution in [0.15, 0.2) is 17.1 Å². The SMILES string of the molecule is CCNC(=NCCNC(=O)OC(C)(C)C)N1CCc2cc(OC)c(OC)cc2C1. The molecular formula is C21H34N4O4. The molecule has 1 aliphatic heterocycles. The fraction of sp³-hybridized carbons (Fsp3) is 0.619. The molecule has 1 heterocycles. The van der Waals surface area contributed by atoms with E-state index in [9.17, 15) is 4.79 Å². The zero-order valence-electron chi connectivity index (χ0n) is 18.4. The Morgan fingerprint density at radius 2 is 1.79 bits per heavy atom. The van der Waals surface area contributed by atoms with E-state index < -0.39 is 11.7 Å². The molecule has 162 valence electrons. The minimum Gasteiger partial charge on any atom is -0.493 e. The molecule has 0 radical (unpaired) electrons. The number of fused-ring (bicyclic) bond motifs is 1. The third-order valence-corrected chi connectivity index (χ3v) is 4.39. The maximum Gasteiger partial charge on any atom is 0.407 e. The third-order valence-electron chi connectivity index (χ3n) is 4.39. The van der Waals surface area contributed by atoms with Crippen molar-refractivity contribution in [1.29, 1.82) is 0 Å². The number of benzene rings is 1. The van der Waals surface area contributed by atoms with Crippen LogP contribution in [-0.4, -0.2) is 63.0 Å². The molecule has 0 aliphatic carbocycles. The summed E-state index contributed by atoms with van der Waals surface area (Å²) in [6.45, 7) is 10.8. The number of aliphatic imine (C=N–C) groups is 1. The Hall–Kier alpha value is -2.64. The molecule has 1 aromatic rings. The second kappa shape index (κ2) is 10.2. The maximum atomic E-state index is 11.8. The molecule has 0 atom stereocenters. The number of carbonyl (C=O) groups excluding carboxylic acids is 1. The summed E-state index contributed by atoms with van der Waals surface area (Å²) < 4.78 is 16.1. The van der Waals surface area contributed by atoms with Gasteiger partial charge in [-0.1, -0.05) is 0 Å². The van der Waals surface area contributed by atoms with E-state index in [1.54, 1.807) is 14.2 Å². The Labute approximate surface area is 173 Å². The van der Waals surface area contributed by atoms with Gasteiger partial charge < -0.3 is 29.7 Å². The summed E-state index contributed by atoms with van der Waals surface area (Å²) in [4.78, 5) is 18.6. The van der Waals surface area contributed by atoms with Crippen LogP contribution in [-0.2, 0) is 17.7 Å². The Morgan fingerprint density at radius 1 is 1.14 bits per heavy atom. The molecule has 1 aromatic carbocycles. The van der Waals surface area contributed by atoms with Gasteiger partial charge in [0.15, 0.2) is 17.5 Å². The van der Waals surface area contributed by atoms with Crippen LogP contribution < -0.4 is 20.1 Å². The van der Waals surface area contributed by atoms with E-state index in [0.717, 1.165) is 43.5 Å². The largest absolute Gasteiger partial charge is 0.493 e. The molecule has 1 amide bonds. The van der Waals surface area contributed by atoms with E-state index in [0.29, 0.717) is 13.1 Å². The first kappa shape index (κ1) is 22.6. The van der Waals surface area contributed by atoms with Gasteiger partial charge in [0.1, 0.15) is 5.60 Å². The number of nitrogens with one attached hydrogen (secondary N) is 2. The standard InChI is InChI=1S/C21H34N4O4/c1-7-22-19(23-9-10-24-20(26)29-21(2,3)4)25-11-8-15-12-17(27-5)18(28-6)13-16(15)14-25/h12-13H,7-11,14H2,1-6H3,(H,22,23)(H,24,26). The van der Waals surface area contributed by atoms with Crippen molar-refractivity contribution in [3.05, 3.63) is 23.3 Å². The normalized spacial score (nSPS) is 14.1. The highest BCUT2D eigenvalue weighted by molar-refractivity contribution is 5.80. The van der Waals surface area contributed by atoms with Crippen LogP contribution in [0.1, 0.15) is 38.8 Å². The number of nitrogens with zero attached hydrogens (tertiary/aromatic N) is 2. The van der Waals surface area contributed by atoms with Gasteiger partial charge in [-0.2, -0.15) is 0 Å². The number of carbonyl (C=O) groups is 1. The average molecular weight is 407 g/mol. The molecule has 29 heavy (non-hydrogen) atoms. The first-order chi connectivity index (χ1) is 13.8. The van der Waals surface area contributed by atoms with Gasteiger partial charge in [0.25, 0.3) is 0 Å². The molecule has 1 aliphatic rings. The van der Waals surface area contributed by atoms with Crippen molar-refractivity contribution in [2.45, 2.75) is 46.3 Å². The smallest absolute Gasteiger partial charge is 0.407 e. The summed E-state index contributed by atoms with van der Waals surface area (Å²) in [5.41, 5.74) is 1.96. The summed E-state index contributed by atoms with van der Waals surface area (Å²) in [6, 6.07) is 4.09. The van der Waals surface area contributed by atoms with Crippen molar-refractivity contribution in [3.8, 4) is 11.5 Å². The van der Waals surface area contributed by atoms with E-state index in [4.69, 9.17) is 14.2 Å². The van der Waals surface area contributed by atoms with E-state index in [1.807, 2.05) is 33.8 Å². The summed E-state index contributed by atoms with van der Waals surface area (Å²) in [6.07, 6.45) is 0.474. The first-order valence-electron chi connectivity index (χ1n) is 10.0. The fourth-order valence-corrected chi connectivity index (χ4v) is 3.12. The third kappa shape index (κ3) is 6.73. The van der Waals surface area contributed by atoms with Crippen LogP contribution >= 0.6 is 0 Å². The van der Waals surface area contributed by atoms with E-state index in [1.165, 1.54) is 11.1 Å². The molecule has 0 bridgehead atoms. The van der Waals surface area contributed by atoms with Gasteiger partial charge in [-0.05, 0) is 57.4 Å². The predicted molar refractivity (Wildman–Crippen MR) is 114 cm³/mol. The zero-order chi connectivity index (χ0) is 21.4. The van der Waals surface area contributed by atoms with Crippen LogP contribution in [0.4, 0.5) is 4.79 Å². The maximum absolute atomic E-state index is 11.8. The van der Waals surface area contributed by atoms with E-state index >= 15 is 0 Å². The van der Waals surface area contributed by atoms with E-state index in [-0.39, 0.29) is 0 Å². The van der Waals surface area contributed by atoms with Crippen LogP contribution in [0.5, 0.6) is 11.5 Å². The highest BCUT2D eigenvalue weighted by atomic mass is 16.6. The summed E-state index contributed by atoms with van der Waals surface area (Å²) >= 11 is 0. The fourth-order valence-electron chi connectivity index (χ4n) is 3.12. The number of ether oxygens (including phenoxy) is 3. The highest BCUT2D eigenvalue weighted by Crippen LogP contribution is 2.33. The molecule has 2 N–H and O–H groups in total. The molecule has 0 saturated carbocycles. The lowest BCUT2D eigenvalue weighted by molar-refractivity contribution is 0.0529. The minimum absolute atomic E-state index is 0.416. The zero-order valence-corrected chi connectivity index (χ0v) is 18.4. The Morgan fingerprint density at radius 3 is 2.38 bits per heavy atom. The summed E-state index contributed by atoms with van der Waals surface area (Å²) in [5, 5.41) is 6.07. The van der Waals surface area contributed by atoms with Crippen molar-refractivity contribution in [3.63, 3.8) is 0 Å². The molecule has 0 spiro atoms. The monoisotopic (exact) mass is 406 g/mol. The Kier molecular flexibility index (Phi) is 7.99. The van der Waals surface area contributed by atoms with Gasteiger partial charge in [0, 0.05) is 26.2 Å². The molecule has 0 aromatic heterocycles.